The monoisotopic (exact) mass is 288 g/mol. The Morgan fingerprint density at radius 3 is 2.69 bits per heavy atom. The summed E-state index contributed by atoms with van der Waals surface area (Å²) in [5.74, 6) is -1.13. The van der Waals surface area contributed by atoms with Crippen LogP contribution in [0, 0.1) is 5.82 Å². The lowest BCUT2D eigenvalue weighted by Crippen LogP contribution is -2.38. The van der Waals surface area contributed by atoms with E-state index in [-0.39, 0.29) is 11.7 Å². The summed E-state index contributed by atoms with van der Waals surface area (Å²) < 4.78 is 14.3. The molecule has 1 N–H and O–H groups in total. The zero-order valence-electron chi connectivity index (χ0n) is 9.42. The lowest BCUT2D eigenvalue weighted by molar-refractivity contribution is -0.126. The first-order valence-electron chi connectivity index (χ1n) is 4.84. The SMILES string of the molecule is CC(C(=O)NN(C)C)c1cc(Br)ccc1F. The molecule has 1 aromatic carbocycles. The van der Waals surface area contributed by atoms with Crippen molar-refractivity contribution < 1.29 is 9.18 Å². The van der Waals surface area contributed by atoms with Gasteiger partial charge in [-0.25, -0.2) is 9.40 Å². The van der Waals surface area contributed by atoms with Crippen molar-refractivity contribution in [3.63, 3.8) is 0 Å². The van der Waals surface area contributed by atoms with Gasteiger partial charge in [-0.15, -0.1) is 0 Å². The van der Waals surface area contributed by atoms with Gasteiger partial charge in [0.1, 0.15) is 5.82 Å². The molecule has 1 rings (SSSR count). The molecule has 16 heavy (non-hydrogen) atoms. The normalized spacial score (nSPS) is 12.6. The first-order valence-corrected chi connectivity index (χ1v) is 5.64. The zero-order valence-corrected chi connectivity index (χ0v) is 11.0. The summed E-state index contributed by atoms with van der Waals surface area (Å²) in [6.45, 7) is 1.67. The predicted octanol–water partition coefficient (Wildman–Crippen LogP) is 2.28. The van der Waals surface area contributed by atoms with Crippen LogP contribution in [-0.4, -0.2) is 25.0 Å². The van der Waals surface area contributed by atoms with E-state index >= 15 is 0 Å². The number of benzene rings is 1. The average Bonchev–Trinajstić information content (AvgIpc) is 2.19. The molecule has 0 fully saturated rings. The van der Waals surface area contributed by atoms with Crippen molar-refractivity contribution in [3.8, 4) is 0 Å². The number of halogens is 2. The highest BCUT2D eigenvalue weighted by Crippen LogP contribution is 2.23. The number of nitrogens with one attached hydrogen (secondary N) is 1. The molecule has 88 valence electrons. The van der Waals surface area contributed by atoms with Crippen LogP contribution in [-0.2, 0) is 4.79 Å². The third-order valence-electron chi connectivity index (χ3n) is 2.15. The van der Waals surface area contributed by atoms with Gasteiger partial charge < -0.3 is 0 Å². The summed E-state index contributed by atoms with van der Waals surface area (Å²) in [7, 11) is 3.42. The summed E-state index contributed by atoms with van der Waals surface area (Å²) in [6.07, 6.45) is 0. The van der Waals surface area contributed by atoms with Crippen molar-refractivity contribution in [2.45, 2.75) is 12.8 Å². The van der Waals surface area contributed by atoms with Crippen molar-refractivity contribution in [2.75, 3.05) is 14.1 Å². The van der Waals surface area contributed by atoms with Crippen LogP contribution in [0.5, 0.6) is 0 Å². The zero-order chi connectivity index (χ0) is 12.3. The molecule has 0 radical (unpaired) electrons. The summed E-state index contributed by atoms with van der Waals surface area (Å²) in [6, 6.07) is 4.57. The van der Waals surface area contributed by atoms with E-state index in [0.717, 1.165) is 4.47 Å². The Balaban J connectivity index is 2.91. The molecule has 5 heteroatoms. The van der Waals surface area contributed by atoms with Gasteiger partial charge in [-0.1, -0.05) is 15.9 Å². The quantitative estimate of drug-likeness (QED) is 0.866. The highest BCUT2D eigenvalue weighted by molar-refractivity contribution is 9.10. The van der Waals surface area contributed by atoms with Crippen LogP contribution < -0.4 is 5.43 Å². The second kappa shape index (κ2) is 5.41. The van der Waals surface area contributed by atoms with E-state index in [9.17, 15) is 9.18 Å². The fraction of sp³-hybridized carbons (Fsp3) is 0.364. The maximum absolute atomic E-state index is 13.5. The van der Waals surface area contributed by atoms with Crippen molar-refractivity contribution in [1.82, 2.24) is 10.4 Å². The van der Waals surface area contributed by atoms with E-state index in [1.54, 1.807) is 33.2 Å². The Kier molecular flexibility index (Phi) is 4.44. The Bertz CT molecular complexity index is 396. The molecule has 0 heterocycles. The molecule has 1 atom stereocenters. The fourth-order valence-electron chi connectivity index (χ4n) is 1.30. The Hall–Kier alpha value is -0.940. The topological polar surface area (TPSA) is 32.3 Å². The van der Waals surface area contributed by atoms with E-state index in [0.29, 0.717) is 5.56 Å². The molecule has 0 aromatic heterocycles. The van der Waals surface area contributed by atoms with Crippen LogP contribution in [0.4, 0.5) is 4.39 Å². The van der Waals surface area contributed by atoms with Crippen LogP contribution in [0.15, 0.2) is 22.7 Å². The van der Waals surface area contributed by atoms with Crippen LogP contribution in [0.2, 0.25) is 0 Å². The van der Waals surface area contributed by atoms with Crippen molar-refractivity contribution in [1.29, 1.82) is 0 Å². The van der Waals surface area contributed by atoms with Gasteiger partial charge in [0.2, 0.25) is 5.91 Å². The molecule has 1 unspecified atom stereocenters. The molecule has 3 nitrogen and oxygen atoms in total. The first kappa shape index (κ1) is 13.1. The minimum absolute atomic E-state index is 0.234. The molecule has 0 spiro atoms. The number of hydrogen-bond donors (Lipinski definition) is 1. The fourth-order valence-corrected chi connectivity index (χ4v) is 1.68. The van der Waals surface area contributed by atoms with Crippen LogP contribution >= 0.6 is 15.9 Å². The van der Waals surface area contributed by atoms with Crippen LogP contribution in [0.25, 0.3) is 0 Å². The number of nitrogens with zero attached hydrogens (tertiary/aromatic N) is 1. The number of rotatable bonds is 3. The predicted molar refractivity (Wildman–Crippen MR) is 64.3 cm³/mol. The van der Waals surface area contributed by atoms with Crippen molar-refractivity contribution >= 4 is 21.8 Å². The molecule has 0 aliphatic rings. The third kappa shape index (κ3) is 3.28. The van der Waals surface area contributed by atoms with E-state index in [2.05, 4.69) is 21.4 Å². The van der Waals surface area contributed by atoms with Gasteiger partial charge in [0, 0.05) is 24.1 Å². The number of carbonyl (C=O) groups is 1. The number of hydrogen-bond acceptors (Lipinski definition) is 2. The molecule has 1 aromatic rings. The Labute approximate surface area is 103 Å². The van der Waals surface area contributed by atoms with E-state index in [1.807, 2.05) is 0 Å². The average molecular weight is 289 g/mol. The highest BCUT2D eigenvalue weighted by Gasteiger charge is 2.19. The molecule has 1 amide bonds. The molecule has 0 aliphatic heterocycles. The summed E-state index contributed by atoms with van der Waals surface area (Å²) in [4.78, 5) is 11.7. The summed E-state index contributed by atoms with van der Waals surface area (Å²) in [5.41, 5.74) is 2.98. The van der Waals surface area contributed by atoms with Crippen LogP contribution in [0.1, 0.15) is 18.4 Å². The third-order valence-corrected chi connectivity index (χ3v) is 2.64. The lowest BCUT2D eigenvalue weighted by atomic mass is 10.0. The smallest absolute Gasteiger partial charge is 0.241 e. The molecule has 0 aliphatic carbocycles. The second-order valence-electron chi connectivity index (χ2n) is 3.76. The first-order chi connectivity index (χ1) is 7.41. The minimum atomic E-state index is -0.528. The summed E-state index contributed by atoms with van der Waals surface area (Å²) in [5, 5.41) is 1.54. The maximum atomic E-state index is 13.5. The van der Waals surface area contributed by atoms with Gasteiger partial charge in [0.05, 0.1) is 5.92 Å². The molecule has 0 saturated carbocycles. The number of hydrazine groups is 1. The largest absolute Gasteiger partial charge is 0.289 e. The molecule has 0 saturated heterocycles. The maximum Gasteiger partial charge on any atom is 0.241 e. The van der Waals surface area contributed by atoms with E-state index in [1.165, 1.54) is 11.1 Å². The molecule has 0 bridgehead atoms. The Morgan fingerprint density at radius 2 is 2.12 bits per heavy atom. The number of amides is 1. The van der Waals surface area contributed by atoms with Gasteiger partial charge in [-0.2, -0.15) is 0 Å². The van der Waals surface area contributed by atoms with Gasteiger partial charge >= 0.3 is 0 Å². The second-order valence-corrected chi connectivity index (χ2v) is 4.67. The van der Waals surface area contributed by atoms with Gasteiger partial charge in [0.25, 0.3) is 0 Å². The molecular weight excluding hydrogens is 275 g/mol. The van der Waals surface area contributed by atoms with Gasteiger partial charge in [-0.05, 0) is 25.1 Å². The van der Waals surface area contributed by atoms with E-state index in [4.69, 9.17) is 0 Å². The Morgan fingerprint density at radius 1 is 1.50 bits per heavy atom. The minimum Gasteiger partial charge on any atom is -0.289 e. The summed E-state index contributed by atoms with van der Waals surface area (Å²) >= 11 is 3.26. The highest BCUT2D eigenvalue weighted by atomic mass is 79.9. The molecular formula is C11H14BrFN2O. The number of carbonyl (C=O) groups excluding carboxylic acids is 1. The lowest BCUT2D eigenvalue weighted by Gasteiger charge is -2.17. The van der Waals surface area contributed by atoms with Crippen molar-refractivity contribution in [3.05, 3.63) is 34.1 Å². The van der Waals surface area contributed by atoms with Gasteiger partial charge in [0.15, 0.2) is 0 Å². The van der Waals surface area contributed by atoms with Crippen LogP contribution in [0.3, 0.4) is 0 Å². The van der Waals surface area contributed by atoms with E-state index < -0.39 is 5.92 Å². The van der Waals surface area contributed by atoms with Gasteiger partial charge in [-0.3, -0.25) is 10.2 Å². The van der Waals surface area contributed by atoms with Crippen molar-refractivity contribution in [2.24, 2.45) is 0 Å². The standard InChI is InChI=1S/C11H14BrFN2O/c1-7(11(16)14-15(2)3)9-6-8(12)4-5-10(9)13/h4-7H,1-3H3,(H,14,16).